The van der Waals surface area contributed by atoms with Crippen LogP contribution in [-0.2, 0) is 14.8 Å². The molecule has 2 rings (SSSR count). The molecule has 0 saturated carbocycles. The first-order valence-corrected chi connectivity index (χ1v) is 9.39. The van der Waals surface area contributed by atoms with Gasteiger partial charge < -0.3 is 9.64 Å². The van der Waals surface area contributed by atoms with Crippen LogP contribution in [0.15, 0.2) is 59.5 Å². The van der Waals surface area contributed by atoms with E-state index in [2.05, 4.69) is 0 Å². The zero-order chi connectivity index (χ0) is 19.2. The largest absolute Gasteiger partial charge is 0.489 e. The fraction of sp³-hybridized carbons (Fsp3) is 0.278. The SMILES string of the molecule is CN(CCOc1ccccc1F)C(=O)CN(C)S(=O)(=O)c1ccccc1. The predicted octanol–water partition coefficient (Wildman–Crippen LogP) is 1.98. The molecule has 0 saturated heterocycles. The van der Waals surface area contributed by atoms with Gasteiger partial charge in [-0.15, -0.1) is 0 Å². The minimum absolute atomic E-state index is 0.0956. The van der Waals surface area contributed by atoms with Gasteiger partial charge in [-0.1, -0.05) is 30.3 Å². The molecule has 2 aromatic rings. The fourth-order valence-corrected chi connectivity index (χ4v) is 3.29. The molecule has 0 heterocycles. The van der Waals surface area contributed by atoms with Crippen LogP contribution in [0.5, 0.6) is 5.75 Å². The Morgan fingerprint density at radius 3 is 2.31 bits per heavy atom. The molecule has 0 aromatic heterocycles. The quantitative estimate of drug-likeness (QED) is 0.702. The van der Waals surface area contributed by atoms with E-state index in [0.717, 1.165) is 4.31 Å². The maximum absolute atomic E-state index is 13.5. The number of halogens is 1. The van der Waals surface area contributed by atoms with Crippen molar-refractivity contribution in [2.75, 3.05) is 33.8 Å². The number of benzene rings is 2. The van der Waals surface area contributed by atoms with Crippen LogP contribution in [0, 0.1) is 5.82 Å². The highest BCUT2D eigenvalue weighted by atomic mass is 32.2. The second kappa shape index (κ2) is 8.77. The van der Waals surface area contributed by atoms with E-state index in [-0.39, 0.29) is 36.2 Å². The van der Waals surface area contributed by atoms with Crippen molar-refractivity contribution in [2.45, 2.75) is 4.90 Å². The number of carbonyl (C=O) groups is 1. The average Bonchev–Trinajstić information content (AvgIpc) is 2.63. The lowest BCUT2D eigenvalue weighted by Crippen LogP contribution is -2.40. The molecular formula is C18H21FN2O4S. The molecule has 2 aromatic carbocycles. The number of para-hydroxylation sites is 1. The summed E-state index contributed by atoms with van der Waals surface area (Å²) in [6.07, 6.45) is 0. The van der Waals surface area contributed by atoms with Gasteiger partial charge in [0.1, 0.15) is 6.61 Å². The van der Waals surface area contributed by atoms with E-state index in [1.54, 1.807) is 30.3 Å². The van der Waals surface area contributed by atoms with E-state index < -0.39 is 15.8 Å². The molecule has 0 fully saturated rings. The van der Waals surface area contributed by atoms with Crippen molar-refractivity contribution in [2.24, 2.45) is 0 Å². The number of carbonyl (C=O) groups excluding carboxylic acids is 1. The minimum atomic E-state index is -3.73. The first-order chi connectivity index (χ1) is 12.3. The summed E-state index contributed by atoms with van der Waals surface area (Å²) >= 11 is 0. The van der Waals surface area contributed by atoms with Gasteiger partial charge in [0, 0.05) is 14.1 Å². The van der Waals surface area contributed by atoms with E-state index in [9.17, 15) is 17.6 Å². The van der Waals surface area contributed by atoms with Crippen LogP contribution in [0.1, 0.15) is 0 Å². The summed E-state index contributed by atoms with van der Waals surface area (Å²) in [5, 5.41) is 0. The van der Waals surface area contributed by atoms with Crippen LogP contribution in [0.2, 0.25) is 0 Å². The van der Waals surface area contributed by atoms with Gasteiger partial charge in [0.15, 0.2) is 11.6 Å². The highest BCUT2D eigenvalue weighted by Gasteiger charge is 2.23. The Bertz CT molecular complexity index is 843. The number of nitrogens with zero attached hydrogens (tertiary/aromatic N) is 2. The van der Waals surface area contributed by atoms with E-state index in [0.29, 0.717) is 0 Å². The fourth-order valence-electron chi connectivity index (χ4n) is 2.15. The Kier molecular flexibility index (Phi) is 6.70. The maximum Gasteiger partial charge on any atom is 0.243 e. The van der Waals surface area contributed by atoms with Crippen LogP contribution in [0.25, 0.3) is 0 Å². The molecule has 0 N–H and O–H groups in total. The maximum atomic E-state index is 13.5. The highest BCUT2D eigenvalue weighted by Crippen LogP contribution is 2.15. The second-order valence-corrected chi connectivity index (χ2v) is 7.71. The molecule has 140 valence electrons. The number of likely N-dealkylation sites (N-methyl/N-ethyl adjacent to an activating group) is 2. The molecule has 0 unspecified atom stereocenters. The van der Waals surface area contributed by atoms with Crippen LogP contribution in [0.4, 0.5) is 4.39 Å². The summed E-state index contributed by atoms with van der Waals surface area (Å²) in [5.74, 6) is -0.753. The van der Waals surface area contributed by atoms with E-state index >= 15 is 0 Å². The molecule has 0 aliphatic carbocycles. The molecule has 6 nitrogen and oxygen atoms in total. The number of sulfonamides is 1. The molecule has 0 aliphatic heterocycles. The number of rotatable bonds is 8. The van der Waals surface area contributed by atoms with Crippen molar-refractivity contribution in [1.82, 2.24) is 9.21 Å². The molecule has 0 aliphatic rings. The molecule has 0 spiro atoms. The van der Waals surface area contributed by atoms with Crippen molar-refractivity contribution in [3.05, 3.63) is 60.4 Å². The van der Waals surface area contributed by atoms with Crippen molar-refractivity contribution in [1.29, 1.82) is 0 Å². The van der Waals surface area contributed by atoms with Gasteiger partial charge in [-0.2, -0.15) is 4.31 Å². The van der Waals surface area contributed by atoms with Gasteiger partial charge in [0.25, 0.3) is 0 Å². The summed E-state index contributed by atoms with van der Waals surface area (Å²) in [7, 11) is -0.843. The molecule has 26 heavy (non-hydrogen) atoms. The zero-order valence-corrected chi connectivity index (χ0v) is 15.4. The van der Waals surface area contributed by atoms with Gasteiger partial charge in [-0.3, -0.25) is 4.79 Å². The Morgan fingerprint density at radius 1 is 1.04 bits per heavy atom. The molecular weight excluding hydrogens is 359 g/mol. The van der Waals surface area contributed by atoms with Gasteiger partial charge >= 0.3 is 0 Å². The van der Waals surface area contributed by atoms with Crippen LogP contribution in [0.3, 0.4) is 0 Å². The van der Waals surface area contributed by atoms with Crippen LogP contribution in [-0.4, -0.2) is 57.3 Å². The lowest BCUT2D eigenvalue weighted by molar-refractivity contribution is -0.130. The summed E-state index contributed by atoms with van der Waals surface area (Å²) in [5.41, 5.74) is 0. The minimum Gasteiger partial charge on any atom is -0.489 e. The van der Waals surface area contributed by atoms with Gasteiger partial charge in [-0.25, -0.2) is 12.8 Å². The lowest BCUT2D eigenvalue weighted by Gasteiger charge is -2.22. The number of ether oxygens (including phenoxy) is 1. The third-order valence-corrected chi connectivity index (χ3v) is 5.57. The topological polar surface area (TPSA) is 66.9 Å². The lowest BCUT2D eigenvalue weighted by atomic mass is 10.3. The Hall–Kier alpha value is -2.45. The third kappa shape index (κ3) is 5.03. The van der Waals surface area contributed by atoms with Crippen molar-refractivity contribution in [3.63, 3.8) is 0 Å². The highest BCUT2D eigenvalue weighted by molar-refractivity contribution is 7.89. The standard InChI is InChI=1S/C18H21FN2O4S/c1-20(12-13-25-17-11-7-6-10-16(17)19)18(22)14-21(2)26(23,24)15-8-4-3-5-9-15/h3-11H,12-14H2,1-2H3. The van der Waals surface area contributed by atoms with Crippen molar-refractivity contribution < 1.29 is 22.3 Å². The first-order valence-electron chi connectivity index (χ1n) is 7.95. The zero-order valence-electron chi connectivity index (χ0n) is 14.6. The molecule has 8 heteroatoms. The number of amides is 1. The normalized spacial score (nSPS) is 11.4. The summed E-state index contributed by atoms with van der Waals surface area (Å²) in [4.78, 5) is 13.7. The number of hydrogen-bond donors (Lipinski definition) is 0. The van der Waals surface area contributed by atoms with E-state index in [1.165, 1.54) is 43.3 Å². The Balaban J connectivity index is 1.87. The molecule has 0 atom stereocenters. The second-order valence-electron chi connectivity index (χ2n) is 5.67. The predicted molar refractivity (Wildman–Crippen MR) is 95.8 cm³/mol. The number of hydrogen-bond acceptors (Lipinski definition) is 4. The Labute approximate surface area is 152 Å². The van der Waals surface area contributed by atoms with Crippen molar-refractivity contribution in [3.8, 4) is 5.75 Å². The molecule has 1 amide bonds. The average molecular weight is 380 g/mol. The van der Waals surface area contributed by atoms with Crippen molar-refractivity contribution >= 4 is 15.9 Å². The van der Waals surface area contributed by atoms with E-state index in [4.69, 9.17) is 4.74 Å². The first kappa shape index (κ1) is 19.9. The molecule has 0 radical (unpaired) electrons. The Morgan fingerprint density at radius 2 is 1.65 bits per heavy atom. The molecule has 0 bridgehead atoms. The van der Waals surface area contributed by atoms with E-state index in [1.807, 2.05) is 0 Å². The smallest absolute Gasteiger partial charge is 0.243 e. The van der Waals surface area contributed by atoms with Crippen LogP contribution < -0.4 is 4.74 Å². The monoisotopic (exact) mass is 380 g/mol. The summed E-state index contributed by atoms with van der Waals surface area (Å²) in [6.45, 7) is -0.00184. The summed E-state index contributed by atoms with van der Waals surface area (Å²) < 4.78 is 44.6. The van der Waals surface area contributed by atoms with Gasteiger partial charge in [0.2, 0.25) is 15.9 Å². The van der Waals surface area contributed by atoms with Crippen LogP contribution >= 0.6 is 0 Å². The summed E-state index contributed by atoms with van der Waals surface area (Å²) in [6, 6.07) is 13.9. The van der Waals surface area contributed by atoms with Gasteiger partial charge in [-0.05, 0) is 24.3 Å². The van der Waals surface area contributed by atoms with Gasteiger partial charge in [0.05, 0.1) is 18.0 Å². The third-order valence-electron chi connectivity index (χ3n) is 3.76.